The van der Waals surface area contributed by atoms with Crippen LogP contribution in [0.15, 0.2) is 54.6 Å². The Labute approximate surface area is 134 Å². The maximum atomic E-state index is 10.6. The first-order chi connectivity index (χ1) is 11.2. The zero-order valence-corrected chi connectivity index (χ0v) is 12.8. The lowest BCUT2D eigenvalue weighted by molar-refractivity contribution is -0.137. The maximum absolute atomic E-state index is 10.6. The van der Waals surface area contributed by atoms with Gasteiger partial charge in [0, 0.05) is 12.0 Å². The number of carboxylic acid groups (broad SMARTS) is 1. The number of hydrogen-bond acceptors (Lipinski definition) is 3. The normalized spacial score (nSPS) is 10.8. The summed E-state index contributed by atoms with van der Waals surface area (Å²) in [6, 6.07) is 17.8. The van der Waals surface area contributed by atoms with Gasteiger partial charge in [-0.1, -0.05) is 42.5 Å². The molecule has 0 bridgehead atoms. The van der Waals surface area contributed by atoms with Gasteiger partial charge in [0.15, 0.2) is 0 Å². The van der Waals surface area contributed by atoms with Crippen LogP contribution in [0.3, 0.4) is 0 Å². The predicted molar refractivity (Wildman–Crippen MR) is 90.2 cm³/mol. The van der Waals surface area contributed by atoms with Crippen LogP contribution >= 0.6 is 0 Å². The molecule has 3 rings (SSSR count). The van der Waals surface area contributed by atoms with E-state index in [9.17, 15) is 4.79 Å². The van der Waals surface area contributed by atoms with Crippen molar-refractivity contribution in [2.24, 2.45) is 0 Å². The largest absolute Gasteiger partial charge is 0.481 e. The summed E-state index contributed by atoms with van der Waals surface area (Å²) in [6.07, 6.45) is 2.37. The number of rotatable bonds is 6. The third kappa shape index (κ3) is 3.72. The molecule has 0 saturated carbocycles. The van der Waals surface area contributed by atoms with Crippen LogP contribution in [0, 0.1) is 0 Å². The van der Waals surface area contributed by atoms with E-state index in [0.29, 0.717) is 6.42 Å². The van der Waals surface area contributed by atoms with Crippen molar-refractivity contribution in [2.45, 2.75) is 25.7 Å². The second-order valence-electron chi connectivity index (χ2n) is 5.47. The van der Waals surface area contributed by atoms with Gasteiger partial charge in [-0.2, -0.15) is 0 Å². The molecule has 0 aliphatic carbocycles. The topological polar surface area (TPSA) is 63.1 Å². The minimum Gasteiger partial charge on any atom is -0.481 e. The summed E-state index contributed by atoms with van der Waals surface area (Å²) in [4.78, 5) is 20.2. The summed E-state index contributed by atoms with van der Waals surface area (Å²) in [5.41, 5.74) is 4.61. The standard InChI is InChI=1S/C19H18N2O2/c22-18(23)13-7-6-12-17-19(14-8-2-1-3-9-14)21-16-11-5-4-10-15(16)20-17/h1-5,8-11H,6-7,12-13H2,(H,22,23). The summed E-state index contributed by atoms with van der Waals surface area (Å²) in [7, 11) is 0. The summed E-state index contributed by atoms with van der Waals surface area (Å²) >= 11 is 0. The van der Waals surface area contributed by atoms with E-state index >= 15 is 0 Å². The van der Waals surface area contributed by atoms with Crippen molar-refractivity contribution in [1.82, 2.24) is 9.97 Å². The van der Waals surface area contributed by atoms with E-state index in [1.807, 2.05) is 54.6 Å². The molecule has 116 valence electrons. The third-order valence-electron chi connectivity index (χ3n) is 3.74. The van der Waals surface area contributed by atoms with E-state index in [0.717, 1.165) is 40.8 Å². The number of aromatic nitrogens is 2. The van der Waals surface area contributed by atoms with Crippen molar-refractivity contribution in [1.29, 1.82) is 0 Å². The summed E-state index contributed by atoms with van der Waals surface area (Å²) in [6.45, 7) is 0. The molecule has 1 heterocycles. The van der Waals surface area contributed by atoms with Crippen LogP contribution in [0.2, 0.25) is 0 Å². The van der Waals surface area contributed by atoms with Crippen LogP contribution in [0.5, 0.6) is 0 Å². The minimum atomic E-state index is -0.752. The number of nitrogens with zero attached hydrogens (tertiary/aromatic N) is 2. The van der Waals surface area contributed by atoms with Gasteiger partial charge >= 0.3 is 5.97 Å². The molecule has 0 saturated heterocycles. The molecule has 1 aromatic heterocycles. The lowest BCUT2D eigenvalue weighted by Crippen LogP contribution is -2.01. The van der Waals surface area contributed by atoms with E-state index in [1.165, 1.54) is 0 Å². The molecule has 0 unspecified atom stereocenters. The second-order valence-corrected chi connectivity index (χ2v) is 5.47. The fraction of sp³-hybridized carbons (Fsp3) is 0.211. The fourth-order valence-electron chi connectivity index (χ4n) is 2.61. The quantitative estimate of drug-likeness (QED) is 0.697. The van der Waals surface area contributed by atoms with Gasteiger partial charge in [-0.25, -0.2) is 9.97 Å². The SMILES string of the molecule is O=C(O)CCCCc1nc2ccccc2nc1-c1ccccc1. The molecule has 0 fully saturated rings. The summed E-state index contributed by atoms with van der Waals surface area (Å²) in [5, 5.41) is 8.76. The molecule has 0 aliphatic rings. The first-order valence-electron chi connectivity index (χ1n) is 7.77. The highest BCUT2D eigenvalue weighted by molar-refractivity contribution is 5.78. The molecular formula is C19H18N2O2. The molecule has 4 heteroatoms. The van der Waals surface area contributed by atoms with E-state index in [2.05, 4.69) is 0 Å². The van der Waals surface area contributed by atoms with Gasteiger partial charge in [0.2, 0.25) is 0 Å². The van der Waals surface area contributed by atoms with Crippen molar-refractivity contribution in [2.75, 3.05) is 0 Å². The zero-order valence-electron chi connectivity index (χ0n) is 12.8. The molecule has 1 N–H and O–H groups in total. The molecule has 0 amide bonds. The smallest absolute Gasteiger partial charge is 0.303 e. The molecule has 3 aromatic rings. The van der Waals surface area contributed by atoms with Gasteiger partial charge in [0.05, 0.1) is 22.4 Å². The van der Waals surface area contributed by atoms with Crippen molar-refractivity contribution in [3.63, 3.8) is 0 Å². The van der Waals surface area contributed by atoms with Gasteiger partial charge in [0.25, 0.3) is 0 Å². The van der Waals surface area contributed by atoms with Crippen LogP contribution in [0.4, 0.5) is 0 Å². The van der Waals surface area contributed by atoms with Gasteiger partial charge in [-0.05, 0) is 31.4 Å². The van der Waals surface area contributed by atoms with Gasteiger partial charge < -0.3 is 5.11 Å². The first-order valence-corrected chi connectivity index (χ1v) is 7.77. The van der Waals surface area contributed by atoms with E-state index in [1.54, 1.807) is 0 Å². The Hall–Kier alpha value is -2.75. The number of fused-ring (bicyclic) bond motifs is 1. The Kier molecular flexibility index (Phi) is 4.62. The first kappa shape index (κ1) is 15.2. The van der Waals surface area contributed by atoms with Crippen molar-refractivity contribution < 1.29 is 9.90 Å². The molecule has 0 atom stereocenters. The van der Waals surface area contributed by atoms with Crippen LogP contribution in [0.1, 0.15) is 25.0 Å². The molecule has 0 aliphatic heterocycles. The molecule has 23 heavy (non-hydrogen) atoms. The van der Waals surface area contributed by atoms with Crippen LogP contribution in [0.25, 0.3) is 22.3 Å². The van der Waals surface area contributed by atoms with Gasteiger partial charge in [-0.15, -0.1) is 0 Å². The molecule has 0 spiro atoms. The molecule has 2 aromatic carbocycles. The summed E-state index contributed by atoms with van der Waals surface area (Å²) in [5.74, 6) is -0.752. The number of aliphatic carboxylic acids is 1. The van der Waals surface area contributed by atoms with Crippen LogP contribution in [-0.4, -0.2) is 21.0 Å². The Bertz CT molecular complexity index is 816. The van der Waals surface area contributed by atoms with Crippen LogP contribution in [-0.2, 0) is 11.2 Å². The third-order valence-corrected chi connectivity index (χ3v) is 3.74. The highest BCUT2D eigenvalue weighted by Gasteiger charge is 2.11. The highest BCUT2D eigenvalue weighted by atomic mass is 16.4. The zero-order chi connectivity index (χ0) is 16.1. The molecule has 4 nitrogen and oxygen atoms in total. The number of para-hydroxylation sites is 2. The highest BCUT2D eigenvalue weighted by Crippen LogP contribution is 2.24. The number of benzene rings is 2. The van der Waals surface area contributed by atoms with E-state index in [-0.39, 0.29) is 6.42 Å². The van der Waals surface area contributed by atoms with Crippen molar-refractivity contribution >= 4 is 17.0 Å². The van der Waals surface area contributed by atoms with E-state index < -0.39 is 5.97 Å². The minimum absolute atomic E-state index is 0.196. The van der Waals surface area contributed by atoms with Gasteiger partial charge in [-0.3, -0.25) is 4.79 Å². The Morgan fingerprint density at radius 1 is 0.870 bits per heavy atom. The maximum Gasteiger partial charge on any atom is 0.303 e. The number of hydrogen-bond donors (Lipinski definition) is 1. The lowest BCUT2D eigenvalue weighted by atomic mass is 10.0. The second kappa shape index (κ2) is 7.01. The molecule has 0 radical (unpaired) electrons. The Balaban J connectivity index is 1.94. The Morgan fingerprint density at radius 2 is 1.52 bits per heavy atom. The monoisotopic (exact) mass is 306 g/mol. The molecular weight excluding hydrogens is 288 g/mol. The predicted octanol–water partition coefficient (Wildman–Crippen LogP) is 4.09. The summed E-state index contributed by atoms with van der Waals surface area (Å²) < 4.78 is 0. The number of aryl methyl sites for hydroxylation is 1. The fourth-order valence-corrected chi connectivity index (χ4v) is 2.61. The lowest BCUT2D eigenvalue weighted by Gasteiger charge is -2.10. The number of carbonyl (C=O) groups is 1. The van der Waals surface area contributed by atoms with Gasteiger partial charge in [0.1, 0.15) is 0 Å². The Morgan fingerprint density at radius 3 is 2.22 bits per heavy atom. The number of carboxylic acids is 1. The number of unbranched alkanes of at least 4 members (excludes halogenated alkanes) is 1. The van der Waals surface area contributed by atoms with Crippen LogP contribution < -0.4 is 0 Å². The average Bonchev–Trinajstić information content (AvgIpc) is 2.58. The van der Waals surface area contributed by atoms with Crippen molar-refractivity contribution in [3.05, 3.63) is 60.3 Å². The van der Waals surface area contributed by atoms with Crippen molar-refractivity contribution in [3.8, 4) is 11.3 Å². The van der Waals surface area contributed by atoms with E-state index in [4.69, 9.17) is 15.1 Å². The average molecular weight is 306 g/mol.